The number of nitrogens with zero attached hydrogens (tertiary/aromatic N) is 2. The molecule has 1 aliphatic heterocycles. The summed E-state index contributed by atoms with van der Waals surface area (Å²) in [5.74, 6) is 0.110. The van der Waals surface area contributed by atoms with Crippen molar-refractivity contribution in [3.05, 3.63) is 22.4 Å². The number of aliphatic hydroxyl groups excluding tert-OH is 1. The molecule has 0 aliphatic carbocycles. The molecule has 0 saturated carbocycles. The van der Waals surface area contributed by atoms with Gasteiger partial charge in [0, 0.05) is 11.6 Å². The third-order valence-electron chi connectivity index (χ3n) is 4.71. The molecule has 2 aromatic heterocycles. The number of ether oxygens (including phenoxy) is 1. The average Bonchev–Trinajstić information content (AvgIpc) is 3.13. The van der Waals surface area contributed by atoms with Crippen molar-refractivity contribution >= 4 is 52.1 Å². The Morgan fingerprint density at radius 3 is 2.49 bits per heavy atom. The maximum atomic E-state index is 16.0. The number of rotatable bonds is 8. The molecule has 1 aliphatic rings. The highest BCUT2D eigenvalue weighted by atomic mass is 35.5. The molecule has 0 amide bonds. The summed E-state index contributed by atoms with van der Waals surface area (Å²) in [4.78, 5) is 54.0. The first-order valence-electron chi connectivity index (χ1n) is 9.33. The smallest absolute Gasteiger partial charge is 0.386 e. The first kappa shape index (κ1) is 29.8. The number of hydrogen-bond acceptors (Lipinski definition) is 11. The molecule has 0 radical (unpaired) electrons. The van der Waals surface area contributed by atoms with E-state index in [0.29, 0.717) is 10.8 Å². The van der Waals surface area contributed by atoms with Crippen LogP contribution < -0.4 is 11.3 Å². The SMILES string of the molecule is C[C@@H](OP(=O)(O)OP(=O)(O)OP(=O)(O)O)[C@H]1O[C@@H](n2cc(F)c3c(=O)[nH]c(N)nc32)C(F)(C#CCl)[C@H]1O. The van der Waals surface area contributed by atoms with Crippen LogP contribution >= 0.6 is 35.1 Å². The van der Waals surface area contributed by atoms with Crippen LogP contribution in [0.2, 0.25) is 0 Å². The Balaban J connectivity index is 1.96. The largest absolute Gasteiger partial charge is 0.490 e. The number of halogens is 3. The zero-order chi connectivity index (χ0) is 28.1. The topological polar surface area (TPSA) is 266 Å². The molecule has 2 aromatic rings. The van der Waals surface area contributed by atoms with Crippen molar-refractivity contribution < 1.29 is 65.0 Å². The summed E-state index contributed by atoms with van der Waals surface area (Å²) in [6.07, 6.45) is -7.83. The van der Waals surface area contributed by atoms with Crippen LogP contribution in [0.25, 0.3) is 11.0 Å². The number of aromatic amines is 1. The first-order valence-corrected chi connectivity index (χ1v) is 14.2. The maximum Gasteiger partial charge on any atom is 0.490 e. The van der Waals surface area contributed by atoms with Crippen molar-refractivity contribution in [2.75, 3.05) is 5.73 Å². The predicted molar refractivity (Wildman–Crippen MR) is 117 cm³/mol. The van der Waals surface area contributed by atoms with Crippen molar-refractivity contribution in [3.8, 4) is 11.3 Å². The Kier molecular flexibility index (Phi) is 8.14. The van der Waals surface area contributed by atoms with Crippen LogP contribution in [0.4, 0.5) is 14.7 Å². The third-order valence-corrected chi connectivity index (χ3v) is 8.73. The van der Waals surface area contributed by atoms with Gasteiger partial charge in [-0.15, -0.1) is 0 Å². The van der Waals surface area contributed by atoms with E-state index in [9.17, 15) is 37.8 Å². The summed E-state index contributed by atoms with van der Waals surface area (Å²) in [5, 5.41) is 11.6. The number of hydrogen-bond donors (Lipinski definition) is 7. The van der Waals surface area contributed by atoms with E-state index in [1.54, 1.807) is 5.38 Å². The van der Waals surface area contributed by atoms with Gasteiger partial charge in [-0.05, 0) is 24.4 Å². The van der Waals surface area contributed by atoms with Crippen LogP contribution in [0.1, 0.15) is 13.2 Å². The quantitative estimate of drug-likeness (QED) is 0.156. The Labute approximate surface area is 208 Å². The second-order valence-corrected chi connectivity index (χ2v) is 11.9. The summed E-state index contributed by atoms with van der Waals surface area (Å²) >= 11 is 5.31. The molecule has 3 rings (SSSR count). The molecule has 1 fully saturated rings. The van der Waals surface area contributed by atoms with Gasteiger partial charge in [-0.3, -0.25) is 18.9 Å². The molecule has 0 spiro atoms. The van der Waals surface area contributed by atoms with Crippen molar-refractivity contribution in [2.24, 2.45) is 0 Å². The van der Waals surface area contributed by atoms with Gasteiger partial charge >= 0.3 is 23.5 Å². The van der Waals surface area contributed by atoms with Gasteiger partial charge in [0.1, 0.15) is 17.6 Å². The Hall–Kier alpha value is -1.74. The summed E-state index contributed by atoms with van der Waals surface area (Å²) in [5.41, 5.74) is 0.662. The molecule has 1 saturated heterocycles. The highest BCUT2D eigenvalue weighted by molar-refractivity contribution is 7.66. The van der Waals surface area contributed by atoms with Crippen LogP contribution in [-0.4, -0.2) is 63.2 Å². The lowest BCUT2D eigenvalue weighted by atomic mass is 9.95. The molecule has 23 heteroatoms. The van der Waals surface area contributed by atoms with Crippen molar-refractivity contribution in [1.29, 1.82) is 0 Å². The minimum absolute atomic E-state index is 0.499. The number of fused-ring (bicyclic) bond motifs is 1. The number of anilines is 1. The fourth-order valence-electron chi connectivity index (χ4n) is 3.43. The number of phosphoric acid groups is 3. The third kappa shape index (κ3) is 6.29. The fourth-order valence-corrected chi connectivity index (χ4v) is 6.77. The molecule has 7 atom stereocenters. The van der Waals surface area contributed by atoms with E-state index in [0.717, 1.165) is 6.92 Å². The van der Waals surface area contributed by atoms with Gasteiger partial charge in [0.2, 0.25) is 11.6 Å². The van der Waals surface area contributed by atoms with E-state index in [1.165, 1.54) is 0 Å². The van der Waals surface area contributed by atoms with Crippen molar-refractivity contribution in [2.45, 2.75) is 37.1 Å². The van der Waals surface area contributed by atoms with Crippen molar-refractivity contribution in [1.82, 2.24) is 14.5 Å². The van der Waals surface area contributed by atoms with Crippen LogP contribution in [0.15, 0.2) is 11.0 Å². The molecule has 37 heavy (non-hydrogen) atoms. The number of nitrogen functional groups attached to an aromatic ring is 1. The molecule has 3 unspecified atom stereocenters. The van der Waals surface area contributed by atoms with E-state index in [4.69, 9.17) is 31.9 Å². The minimum Gasteiger partial charge on any atom is -0.386 e. The Morgan fingerprint density at radius 1 is 1.30 bits per heavy atom. The van der Waals surface area contributed by atoms with E-state index in [-0.39, 0.29) is 0 Å². The highest BCUT2D eigenvalue weighted by Gasteiger charge is 2.60. The fraction of sp³-hybridized carbons (Fsp3) is 0.429. The van der Waals surface area contributed by atoms with E-state index in [1.807, 2.05) is 10.9 Å². The summed E-state index contributed by atoms with van der Waals surface area (Å²) in [7, 11) is -17.3. The first-order chi connectivity index (χ1) is 16.8. The summed E-state index contributed by atoms with van der Waals surface area (Å²) in [6.45, 7) is 0.887. The molecular weight excluding hydrogens is 599 g/mol. The lowest BCUT2D eigenvalue weighted by Gasteiger charge is -2.25. The normalized spacial score (nSPS) is 28.3. The second-order valence-electron chi connectivity index (χ2n) is 7.32. The average molecular weight is 615 g/mol. The molecule has 0 aromatic carbocycles. The second kappa shape index (κ2) is 10.1. The standard InChI is InChI=1S/C14H16ClF2N4O13P3/c1-5(32-36(27,28)34-37(29,30)33-35(24,25)26)8-9(22)14(17,2-3-15)12(31-8)21-4-6(16)7-10(21)19-13(18)20-11(7)23/h4-5,8-9,12,22H,1H3,(H,27,28)(H,29,30)(H2,24,25,26)(H3,18,19,20,23)/t5-,8-,9+,12-,14?/m1/s1. The molecule has 8 N–H and O–H groups in total. The maximum absolute atomic E-state index is 16.0. The highest BCUT2D eigenvalue weighted by Crippen LogP contribution is 2.66. The van der Waals surface area contributed by atoms with Gasteiger partial charge < -0.3 is 35.2 Å². The van der Waals surface area contributed by atoms with Crippen LogP contribution in [0.5, 0.6) is 0 Å². The lowest BCUT2D eigenvalue weighted by molar-refractivity contribution is -0.0753. The number of nitrogens with two attached hydrogens (primary N) is 1. The Bertz CT molecular complexity index is 1490. The zero-order valence-corrected chi connectivity index (χ0v) is 21.3. The number of alkyl halides is 1. The summed E-state index contributed by atoms with van der Waals surface area (Å²) in [6, 6.07) is 0. The van der Waals surface area contributed by atoms with Gasteiger partial charge in [0.05, 0.1) is 6.10 Å². The van der Waals surface area contributed by atoms with Crippen molar-refractivity contribution in [3.63, 3.8) is 0 Å². The molecular formula is C14H16ClF2N4O13P3. The van der Waals surface area contributed by atoms with Crippen LogP contribution in [-0.2, 0) is 31.6 Å². The van der Waals surface area contributed by atoms with Gasteiger partial charge in [0.15, 0.2) is 17.7 Å². The summed E-state index contributed by atoms with van der Waals surface area (Å²) < 4.78 is 82.5. The zero-order valence-electron chi connectivity index (χ0n) is 17.8. The number of aliphatic hydroxyl groups is 1. The van der Waals surface area contributed by atoms with E-state index >= 15 is 4.39 Å². The molecule has 3 heterocycles. The molecule has 206 valence electrons. The minimum atomic E-state index is -5.89. The van der Waals surface area contributed by atoms with Gasteiger partial charge in [0.25, 0.3) is 5.56 Å². The van der Waals surface area contributed by atoms with Gasteiger partial charge in [-0.1, -0.05) is 0 Å². The lowest BCUT2D eigenvalue weighted by Crippen LogP contribution is -2.44. The van der Waals surface area contributed by atoms with Gasteiger partial charge in [-0.25, -0.2) is 22.5 Å². The number of aromatic nitrogens is 3. The number of nitrogens with one attached hydrogen (secondary N) is 1. The predicted octanol–water partition coefficient (Wildman–Crippen LogP) is 0.344. The number of phosphoric ester groups is 1. The molecule has 0 bridgehead atoms. The van der Waals surface area contributed by atoms with Crippen LogP contribution in [0.3, 0.4) is 0 Å². The molecule has 17 nitrogen and oxygen atoms in total. The van der Waals surface area contributed by atoms with E-state index in [2.05, 4.69) is 18.1 Å². The van der Waals surface area contributed by atoms with Gasteiger partial charge in [-0.2, -0.15) is 13.6 Å². The van der Waals surface area contributed by atoms with Crippen LogP contribution in [0, 0.1) is 17.1 Å². The number of H-pyrrole nitrogens is 1. The van der Waals surface area contributed by atoms with E-state index < -0.39 is 82.0 Å². The monoisotopic (exact) mass is 614 g/mol. The Morgan fingerprint density at radius 2 is 1.92 bits per heavy atom.